The minimum atomic E-state index is 0.585. The highest BCUT2D eigenvalue weighted by molar-refractivity contribution is 9.10. The highest BCUT2D eigenvalue weighted by Crippen LogP contribution is 2.24. The molecule has 1 aliphatic rings. The number of rotatable bonds is 2. The maximum atomic E-state index is 3.60. The molecule has 1 aromatic rings. The lowest BCUT2D eigenvalue weighted by atomic mass is 9.96. The Balaban J connectivity index is 2.13. The first kappa shape index (κ1) is 11.1. The molecule has 82 valence electrons. The molecular formula is C12H17BrN2. The number of likely N-dealkylation sites (N-methyl/N-ethyl adjacent to an activating group) is 1. The van der Waals surface area contributed by atoms with Gasteiger partial charge in [-0.2, -0.15) is 0 Å². The second kappa shape index (κ2) is 4.64. The first-order chi connectivity index (χ1) is 7.16. The van der Waals surface area contributed by atoms with Crippen LogP contribution in [0, 0.1) is 0 Å². The van der Waals surface area contributed by atoms with E-state index in [9.17, 15) is 0 Å². The van der Waals surface area contributed by atoms with Crippen molar-refractivity contribution in [2.75, 3.05) is 20.6 Å². The molecule has 1 atom stereocenters. The lowest BCUT2D eigenvalue weighted by Crippen LogP contribution is -2.42. The molecule has 1 aliphatic heterocycles. The topological polar surface area (TPSA) is 15.3 Å². The van der Waals surface area contributed by atoms with E-state index in [-0.39, 0.29) is 0 Å². The summed E-state index contributed by atoms with van der Waals surface area (Å²) in [6.07, 6.45) is 1.13. The van der Waals surface area contributed by atoms with Crippen LogP contribution in [0.15, 0.2) is 22.7 Å². The van der Waals surface area contributed by atoms with Crippen molar-refractivity contribution in [2.24, 2.45) is 0 Å². The smallest absolute Gasteiger partial charge is 0.0238 e. The second-order valence-corrected chi connectivity index (χ2v) is 5.28. The predicted octanol–water partition coefficient (Wildman–Crippen LogP) is 2.02. The van der Waals surface area contributed by atoms with Gasteiger partial charge in [0.2, 0.25) is 0 Å². The van der Waals surface area contributed by atoms with Crippen molar-refractivity contribution >= 4 is 15.9 Å². The van der Waals surface area contributed by atoms with Gasteiger partial charge in [-0.3, -0.25) is 0 Å². The fraction of sp³-hybridized carbons (Fsp3) is 0.500. The van der Waals surface area contributed by atoms with E-state index in [1.807, 2.05) is 0 Å². The minimum Gasteiger partial charge on any atom is -0.308 e. The summed E-state index contributed by atoms with van der Waals surface area (Å²) in [5.41, 5.74) is 2.91. The average molecular weight is 269 g/mol. The number of nitrogens with zero attached hydrogens (tertiary/aromatic N) is 1. The lowest BCUT2D eigenvalue weighted by Gasteiger charge is -2.28. The van der Waals surface area contributed by atoms with Gasteiger partial charge in [-0.25, -0.2) is 0 Å². The first-order valence-electron chi connectivity index (χ1n) is 5.31. The molecule has 0 bridgehead atoms. The normalized spacial score (nSPS) is 20.4. The Morgan fingerprint density at radius 1 is 1.47 bits per heavy atom. The number of nitrogens with one attached hydrogen (secondary N) is 1. The molecule has 0 radical (unpaired) electrons. The quantitative estimate of drug-likeness (QED) is 0.883. The molecule has 1 aromatic carbocycles. The summed E-state index contributed by atoms with van der Waals surface area (Å²) in [4.78, 5) is 2.24. The summed E-state index contributed by atoms with van der Waals surface area (Å²) in [5.74, 6) is 0. The molecule has 15 heavy (non-hydrogen) atoms. The van der Waals surface area contributed by atoms with Crippen molar-refractivity contribution in [3.8, 4) is 0 Å². The third-order valence-electron chi connectivity index (χ3n) is 2.84. The molecule has 0 aromatic heterocycles. The fourth-order valence-corrected chi connectivity index (χ4v) is 2.69. The summed E-state index contributed by atoms with van der Waals surface area (Å²) in [6, 6.07) is 7.07. The second-order valence-electron chi connectivity index (χ2n) is 4.42. The Bertz CT molecular complexity index is 349. The molecule has 2 nitrogen and oxygen atoms in total. The molecular weight excluding hydrogens is 252 g/mol. The van der Waals surface area contributed by atoms with E-state index in [0.29, 0.717) is 6.04 Å². The van der Waals surface area contributed by atoms with E-state index < -0.39 is 0 Å². The van der Waals surface area contributed by atoms with Crippen LogP contribution >= 0.6 is 15.9 Å². The summed E-state index contributed by atoms with van der Waals surface area (Å²) >= 11 is 3.60. The number of hydrogen-bond donors (Lipinski definition) is 1. The molecule has 1 unspecified atom stereocenters. The molecule has 0 saturated carbocycles. The number of halogens is 1. The molecule has 0 saturated heterocycles. The van der Waals surface area contributed by atoms with Crippen molar-refractivity contribution in [1.29, 1.82) is 0 Å². The first-order valence-corrected chi connectivity index (χ1v) is 6.10. The van der Waals surface area contributed by atoms with Crippen LogP contribution in [0.4, 0.5) is 0 Å². The van der Waals surface area contributed by atoms with Gasteiger partial charge in [0, 0.05) is 23.6 Å². The third-order valence-corrected chi connectivity index (χ3v) is 3.58. The standard InChI is InChI=1S/C12H17BrN2/c1-15(2)8-10-6-9-4-3-5-12(13)11(9)7-14-10/h3-5,10,14H,6-8H2,1-2H3. The number of benzene rings is 1. The van der Waals surface area contributed by atoms with Crippen LogP contribution in [0.2, 0.25) is 0 Å². The summed E-state index contributed by atoms with van der Waals surface area (Å²) in [5, 5.41) is 3.58. The Labute approximate surface area is 99.8 Å². The molecule has 0 spiro atoms. The Morgan fingerprint density at radius 2 is 2.27 bits per heavy atom. The van der Waals surface area contributed by atoms with Crippen LogP contribution in [-0.4, -0.2) is 31.6 Å². The van der Waals surface area contributed by atoms with Gasteiger partial charge >= 0.3 is 0 Å². The van der Waals surface area contributed by atoms with Crippen molar-refractivity contribution in [2.45, 2.75) is 19.0 Å². The molecule has 1 heterocycles. The van der Waals surface area contributed by atoms with Crippen LogP contribution in [0.25, 0.3) is 0 Å². The van der Waals surface area contributed by atoms with E-state index in [1.165, 1.54) is 15.6 Å². The van der Waals surface area contributed by atoms with Crippen LogP contribution in [0.3, 0.4) is 0 Å². The monoisotopic (exact) mass is 268 g/mol. The Hall–Kier alpha value is -0.380. The Kier molecular flexibility index (Phi) is 3.44. The zero-order chi connectivity index (χ0) is 10.8. The van der Waals surface area contributed by atoms with Crippen molar-refractivity contribution < 1.29 is 0 Å². The SMILES string of the molecule is CN(C)CC1Cc2cccc(Br)c2CN1. The van der Waals surface area contributed by atoms with Gasteiger partial charge in [-0.15, -0.1) is 0 Å². The van der Waals surface area contributed by atoms with E-state index in [1.54, 1.807) is 0 Å². The zero-order valence-electron chi connectivity index (χ0n) is 9.26. The maximum absolute atomic E-state index is 3.60. The largest absolute Gasteiger partial charge is 0.308 e. The van der Waals surface area contributed by atoms with Gasteiger partial charge in [-0.1, -0.05) is 28.1 Å². The Morgan fingerprint density at radius 3 is 3.00 bits per heavy atom. The lowest BCUT2D eigenvalue weighted by molar-refractivity contribution is 0.326. The zero-order valence-corrected chi connectivity index (χ0v) is 10.8. The van der Waals surface area contributed by atoms with E-state index >= 15 is 0 Å². The van der Waals surface area contributed by atoms with Crippen molar-refractivity contribution in [3.05, 3.63) is 33.8 Å². The van der Waals surface area contributed by atoms with Crippen molar-refractivity contribution in [1.82, 2.24) is 10.2 Å². The highest BCUT2D eigenvalue weighted by Gasteiger charge is 2.19. The average Bonchev–Trinajstić information content (AvgIpc) is 2.17. The highest BCUT2D eigenvalue weighted by atomic mass is 79.9. The van der Waals surface area contributed by atoms with Gasteiger partial charge in [-0.05, 0) is 37.7 Å². The van der Waals surface area contributed by atoms with Crippen molar-refractivity contribution in [3.63, 3.8) is 0 Å². The minimum absolute atomic E-state index is 0.585. The predicted molar refractivity (Wildman–Crippen MR) is 67.0 cm³/mol. The van der Waals surface area contributed by atoms with Gasteiger partial charge in [0.15, 0.2) is 0 Å². The van der Waals surface area contributed by atoms with Gasteiger partial charge in [0.05, 0.1) is 0 Å². The molecule has 2 rings (SSSR count). The molecule has 3 heteroatoms. The fourth-order valence-electron chi connectivity index (χ4n) is 2.15. The van der Waals surface area contributed by atoms with E-state index in [0.717, 1.165) is 19.5 Å². The molecule has 0 aliphatic carbocycles. The van der Waals surface area contributed by atoms with Crippen LogP contribution in [-0.2, 0) is 13.0 Å². The van der Waals surface area contributed by atoms with Crippen LogP contribution in [0.1, 0.15) is 11.1 Å². The van der Waals surface area contributed by atoms with E-state index in [2.05, 4.69) is 58.4 Å². The maximum Gasteiger partial charge on any atom is 0.0238 e. The van der Waals surface area contributed by atoms with Crippen LogP contribution < -0.4 is 5.32 Å². The summed E-state index contributed by atoms with van der Waals surface area (Å²) in [6.45, 7) is 2.08. The van der Waals surface area contributed by atoms with Crippen LogP contribution in [0.5, 0.6) is 0 Å². The molecule has 0 amide bonds. The molecule has 1 N–H and O–H groups in total. The van der Waals surface area contributed by atoms with Gasteiger partial charge in [0.25, 0.3) is 0 Å². The van der Waals surface area contributed by atoms with Gasteiger partial charge < -0.3 is 10.2 Å². The van der Waals surface area contributed by atoms with E-state index in [4.69, 9.17) is 0 Å². The number of fused-ring (bicyclic) bond motifs is 1. The summed E-state index contributed by atoms with van der Waals surface area (Å²) < 4.78 is 1.23. The number of hydrogen-bond acceptors (Lipinski definition) is 2. The summed E-state index contributed by atoms with van der Waals surface area (Å²) in [7, 11) is 4.25. The van der Waals surface area contributed by atoms with Gasteiger partial charge in [0.1, 0.15) is 0 Å². The molecule has 0 fully saturated rings. The third kappa shape index (κ3) is 2.60.